The zero-order valence-electron chi connectivity index (χ0n) is 13.7. The lowest BCUT2D eigenvalue weighted by Crippen LogP contribution is -2.52. The molecule has 1 atom stereocenters. The summed E-state index contributed by atoms with van der Waals surface area (Å²) in [5.41, 5.74) is 1.49. The van der Waals surface area contributed by atoms with Crippen LogP contribution in [-0.4, -0.2) is 18.5 Å². The molecule has 0 aromatic heterocycles. The standard InChI is InChI=1S/C17H16N2O4SSi/c1-13-12-14(2)22-25(23-19(20)21,15-8-4-3-5-9-15)24-17-11-7-6-10-16(17)18-13/h3-12H,1-2H3/b14-12-,18-13?. The van der Waals surface area contributed by atoms with E-state index in [-0.39, 0.29) is 0 Å². The van der Waals surface area contributed by atoms with E-state index >= 15 is 0 Å². The predicted octanol–water partition coefficient (Wildman–Crippen LogP) is 3.86. The highest BCUT2D eigenvalue weighted by atomic mass is 32.4. The number of benzene rings is 2. The smallest absolute Gasteiger partial charge is 0.516 e. The first-order valence-corrected chi connectivity index (χ1v) is 10.9. The van der Waals surface area contributed by atoms with Crippen molar-refractivity contribution in [2.75, 3.05) is 0 Å². The monoisotopic (exact) mass is 372 g/mol. The molecule has 1 unspecified atom stereocenters. The molecular weight excluding hydrogens is 356 g/mol. The molecule has 0 saturated carbocycles. The highest BCUT2D eigenvalue weighted by molar-refractivity contribution is 8.28. The van der Waals surface area contributed by atoms with Gasteiger partial charge in [0.2, 0.25) is 0 Å². The summed E-state index contributed by atoms with van der Waals surface area (Å²) in [4.78, 5) is 16.7. The summed E-state index contributed by atoms with van der Waals surface area (Å²) in [5.74, 6) is 0.527. The highest BCUT2D eigenvalue weighted by Gasteiger charge is 2.48. The molecule has 128 valence electrons. The third-order valence-corrected chi connectivity index (χ3v) is 8.94. The minimum Gasteiger partial charge on any atom is -0.516 e. The molecule has 2 aromatic rings. The van der Waals surface area contributed by atoms with Crippen molar-refractivity contribution >= 4 is 35.5 Å². The Bertz CT molecular complexity index is 857. The van der Waals surface area contributed by atoms with Gasteiger partial charge in [-0.1, -0.05) is 53.7 Å². The Labute approximate surface area is 150 Å². The number of aliphatic imine (C=N–C) groups is 1. The van der Waals surface area contributed by atoms with Crippen molar-refractivity contribution < 1.29 is 14.0 Å². The van der Waals surface area contributed by atoms with E-state index < -0.39 is 12.8 Å². The minimum atomic E-state index is -3.50. The molecule has 25 heavy (non-hydrogen) atoms. The van der Waals surface area contributed by atoms with Crippen molar-refractivity contribution in [1.82, 2.24) is 0 Å². The van der Waals surface area contributed by atoms with Crippen LogP contribution in [0, 0.1) is 10.1 Å². The third-order valence-electron chi connectivity index (χ3n) is 3.44. The lowest BCUT2D eigenvalue weighted by Gasteiger charge is -2.28. The van der Waals surface area contributed by atoms with Gasteiger partial charge in [-0.05, 0) is 32.1 Å². The molecule has 3 rings (SSSR count). The second kappa shape index (κ2) is 7.12. The number of hydrogen-bond donors (Lipinski definition) is 0. The molecule has 0 bridgehead atoms. The first kappa shape index (κ1) is 17.2. The van der Waals surface area contributed by atoms with Crippen molar-refractivity contribution in [3.63, 3.8) is 0 Å². The lowest BCUT2D eigenvalue weighted by atomic mass is 10.3. The van der Waals surface area contributed by atoms with Crippen LogP contribution >= 0.6 is 11.2 Å². The summed E-state index contributed by atoms with van der Waals surface area (Å²) < 4.78 is 11.3. The second-order valence-electron chi connectivity index (χ2n) is 5.42. The van der Waals surface area contributed by atoms with Gasteiger partial charge in [-0.25, -0.2) is 0 Å². The second-order valence-corrected chi connectivity index (χ2v) is 10.4. The highest BCUT2D eigenvalue weighted by Crippen LogP contribution is 2.39. The summed E-state index contributed by atoms with van der Waals surface area (Å²) in [6, 6.07) is 16.6. The summed E-state index contributed by atoms with van der Waals surface area (Å²) in [5, 5.41) is 11.2. The van der Waals surface area contributed by atoms with Gasteiger partial charge >= 0.3 is 7.71 Å². The summed E-state index contributed by atoms with van der Waals surface area (Å²) in [6.07, 6.45) is 1.76. The summed E-state index contributed by atoms with van der Waals surface area (Å²) >= 11 is 1.24. The fourth-order valence-corrected chi connectivity index (χ4v) is 7.86. The molecule has 0 radical (unpaired) electrons. The maximum absolute atomic E-state index is 11.3. The molecule has 1 aliphatic rings. The van der Waals surface area contributed by atoms with Gasteiger partial charge in [-0.15, -0.1) is 10.1 Å². The van der Waals surface area contributed by atoms with Crippen molar-refractivity contribution in [2.45, 2.75) is 18.7 Å². The van der Waals surface area contributed by atoms with Crippen LogP contribution in [0.1, 0.15) is 13.8 Å². The number of allylic oxidation sites excluding steroid dienone is 2. The zero-order chi connectivity index (χ0) is 17.9. The molecule has 0 aliphatic carbocycles. The average molecular weight is 372 g/mol. The Morgan fingerprint density at radius 3 is 2.52 bits per heavy atom. The number of para-hydroxylation sites is 1. The Morgan fingerprint density at radius 2 is 1.80 bits per heavy atom. The van der Waals surface area contributed by atoms with Crippen LogP contribution in [0.2, 0.25) is 0 Å². The van der Waals surface area contributed by atoms with Gasteiger partial charge in [-0.2, -0.15) is 0 Å². The van der Waals surface area contributed by atoms with Crippen LogP contribution in [0.4, 0.5) is 5.69 Å². The molecule has 8 heteroatoms. The largest absolute Gasteiger partial charge is 0.547 e. The van der Waals surface area contributed by atoms with Crippen molar-refractivity contribution in [1.29, 1.82) is 0 Å². The fourth-order valence-electron chi connectivity index (χ4n) is 2.51. The van der Waals surface area contributed by atoms with E-state index in [2.05, 4.69) is 4.99 Å². The quantitative estimate of drug-likeness (QED) is 0.465. The topological polar surface area (TPSA) is 74.0 Å². The third kappa shape index (κ3) is 3.91. The van der Waals surface area contributed by atoms with Crippen LogP contribution in [0.3, 0.4) is 0 Å². The van der Waals surface area contributed by atoms with E-state index in [0.29, 0.717) is 10.9 Å². The molecule has 2 aromatic carbocycles. The molecule has 0 saturated heterocycles. The Kier molecular flexibility index (Phi) is 4.91. The summed E-state index contributed by atoms with van der Waals surface area (Å²) in [7, 11) is -3.50. The Morgan fingerprint density at radius 1 is 1.12 bits per heavy atom. The fraction of sp³-hybridized carbons (Fsp3) is 0.118. The molecule has 0 spiro atoms. The van der Waals surface area contributed by atoms with Gasteiger partial charge in [0.15, 0.2) is 0 Å². The molecular formula is C17H16N2O4SSi. The lowest BCUT2D eigenvalue weighted by molar-refractivity contribution is -0.722. The minimum absolute atomic E-state index is 0.527. The van der Waals surface area contributed by atoms with Gasteiger partial charge in [-0.3, -0.25) is 9.52 Å². The van der Waals surface area contributed by atoms with Gasteiger partial charge in [0.1, 0.15) is 0 Å². The van der Waals surface area contributed by atoms with Crippen LogP contribution in [0.5, 0.6) is 0 Å². The van der Waals surface area contributed by atoms with Crippen LogP contribution in [0.25, 0.3) is 0 Å². The Balaban J connectivity index is 2.21. The van der Waals surface area contributed by atoms with Crippen LogP contribution in [-0.2, 0) is 8.95 Å². The van der Waals surface area contributed by atoms with E-state index in [1.54, 1.807) is 25.1 Å². The molecule has 0 amide bonds. The maximum atomic E-state index is 11.3. The number of fused-ring (bicyclic) bond motifs is 1. The van der Waals surface area contributed by atoms with E-state index in [1.807, 2.05) is 49.4 Å². The maximum Gasteiger partial charge on any atom is 0.547 e. The van der Waals surface area contributed by atoms with E-state index in [9.17, 15) is 10.1 Å². The molecule has 6 nitrogen and oxygen atoms in total. The van der Waals surface area contributed by atoms with E-state index in [1.165, 1.54) is 11.2 Å². The Hall–Kier alpha value is -2.58. The number of hydrogen-bond acceptors (Lipinski definition) is 6. The first-order chi connectivity index (χ1) is 12.0. The van der Waals surface area contributed by atoms with Gasteiger partial charge in [0.05, 0.1) is 11.4 Å². The van der Waals surface area contributed by atoms with Crippen LogP contribution < -0.4 is 5.19 Å². The van der Waals surface area contributed by atoms with E-state index in [4.69, 9.17) is 8.95 Å². The average Bonchev–Trinajstić information content (AvgIpc) is 2.61. The SMILES string of the molecule is CC1=Nc2ccccc2S[Si](O[N+](=O)[O-])(c2ccccc2)O/C(C)=C\1. The van der Waals surface area contributed by atoms with Gasteiger partial charge in [0, 0.05) is 15.8 Å². The molecule has 0 N–H and O–H groups in total. The van der Waals surface area contributed by atoms with Crippen molar-refractivity contribution in [3.05, 3.63) is 76.5 Å². The van der Waals surface area contributed by atoms with E-state index in [0.717, 1.165) is 16.3 Å². The summed E-state index contributed by atoms with van der Waals surface area (Å²) in [6.45, 7) is 3.61. The first-order valence-electron chi connectivity index (χ1n) is 7.58. The normalized spacial score (nSPS) is 22.0. The zero-order valence-corrected chi connectivity index (χ0v) is 15.5. The van der Waals surface area contributed by atoms with Gasteiger partial charge in [0.25, 0.3) is 5.09 Å². The van der Waals surface area contributed by atoms with Crippen molar-refractivity contribution in [2.24, 2.45) is 4.99 Å². The predicted molar refractivity (Wildman–Crippen MR) is 99.8 cm³/mol. The van der Waals surface area contributed by atoms with Gasteiger partial charge < -0.3 is 4.43 Å². The molecule has 0 fully saturated rings. The number of rotatable bonds is 3. The molecule has 1 heterocycles. The number of nitrogens with zero attached hydrogens (tertiary/aromatic N) is 2. The van der Waals surface area contributed by atoms with Crippen molar-refractivity contribution in [3.8, 4) is 0 Å². The van der Waals surface area contributed by atoms with Crippen LogP contribution in [0.15, 0.2) is 76.3 Å². The molecule has 1 aliphatic heterocycles.